The number of rotatable bonds is 5. The van der Waals surface area contributed by atoms with E-state index in [-0.39, 0.29) is 0 Å². The quantitative estimate of drug-likeness (QED) is 0.898. The van der Waals surface area contributed by atoms with Gasteiger partial charge in [-0.15, -0.1) is 0 Å². The summed E-state index contributed by atoms with van der Waals surface area (Å²) in [6.45, 7) is 7.59. The number of ether oxygens (including phenoxy) is 1. The van der Waals surface area contributed by atoms with Gasteiger partial charge in [-0.25, -0.2) is 0 Å². The molecule has 106 valence electrons. The molecule has 2 aromatic rings. The van der Waals surface area contributed by atoms with E-state index in [1.807, 2.05) is 0 Å². The first-order valence-corrected chi connectivity index (χ1v) is 7.10. The fourth-order valence-electron chi connectivity index (χ4n) is 2.40. The Balaban J connectivity index is 2.19. The van der Waals surface area contributed by atoms with Crippen LogP contribution in [0.15, 0.2) is 36.4 Å². The molecule has 0 atom stereocenters. The third-order valence-electron chi connectivity index (χ3n) is 3.78. The van der Waals surface area contributed by atoms with E-state index in [0.29, 0.717) is 13.2 Å². The van der Waals surface area contributed by atoms with Crippen molar-refractivity contribution in [3.05, 3.63) is 64.2 Å². The second-order valence-electron chi connectivity index (χ2n) is 5.25. The van der Waals surface area contributed by atoms with Crippen molar-refractivity contribution in [2.75, 3.05) is 6.54 Å². The fraction of sp³-hybridized carbons (Fsp3) is 0.333. The second-order valence-corrected chi connectivity index (χ2v) is 5.25. The third-order valence-corrected chi connectivity index (χ3v) is 3.78. The lowest BCUT2D eigenvalue weighted by Crippen LogP contribution is -2.07. The van der Waals surface area contributed by atoms with Gasteiger partial charge in [0.2, 0.25) is 0 Å². The largest absolute Gasteiger partial charge is 0.488 e. The summed E-state index contributed by atoms with van der Waals surface area (Å²) in [5.74, 6) is 1.01. The summed E-state index contributed by atoms with van der Waals surface area (Å²) < 4.78 is 6.08. The highest BCUT2D eigenvalue weighted by Crippen LogP contribution is 2.27. The predicted octanol–water partition coefficient (Wildman–Crippen LogP) is 3.69. The summed E-state index contributed by atoms with van der Waals surface area (Å²) in [5, 5.41) is 0. The summed E-state index contributed by atoms with van der Waals surface area (Å²) in [6.07, 6.45) is 0.894. The van der Waals surface area contributed by atoms with Gasteiger partial charge in [0.1, 0.15) is 12.4 Å². The van der Waals surface area contributed by atoms with E-state index in [1.165, 1.54) is 27.8 Å². The number of nitrogens with two attached hydrogens (primary N) is 1. The van der Waals surface area contributed by atoms with Crippen molar-refractivity contribution < 1.29 is 4.74 Å². The summed E-state index contributed by atoms with van der Waals surface area (Å²) in [4.78, 5) is 0. The van der Waals surface area contributed by atoms with Gasteiger partial charge < -0.3 is 10.5 Å². The molecule has 2 aromatic carbocycles. The standard InChI is InChI=1S/C18H23NO/c1-13-8-9-14(2)18(15(13)3)20-12-17-7-5-4-6-16(17)10-11-19/h4-9H,10-12,19H2,1-3H3. The maximum absolute atomic E-state index is 6.08. The molecule has 0 aliphatic heterocycles. The number of benzene rings is 2. The maximum Gasteiger partial charge on any atom is 0.125 e. The lowest BCUT2D eigenvalue weighted by Gasteiger charge is -2.15. The summed E-state index contributed by atoms with van der Waals surface area (Å²) in [6, 6.07) is 12.6. The van der Waals surface area contributed by atoms with Crippen LogP contribution >= 0.6 is 0 Å². The summed E-state index contributed by atoms with van der Waals surface area (Å²) >= 11 is 0. The molecule has 0 saturated carbocycles. The van der Waals surface area contributed by atoms with Crippen molar-refractivity contribution >= 4 is 0 Å². The van der Waals surface area contributed by atoms with Gasteiger partial charge in [0.15, 0.2) is 0 Å². The van der Waals surface area contributed by atoms with Crippen molar-refractivity contribution in [3.8, 4) is 5.75 Å². The van der Waals surface area contributed by atoms with Crippen LogP contribution in [0.25, 0.3) is 0 Å². The van der Waals surface area contributed by atoms with Crippen molar-refractivity contribution in [1.82, 2.24) is 0 Å². The first-order chi connectivity index (χ1) is 9.63. The van der Waals surface area contributed by atoms with E-state index in [0.717, 1.165) is 12.2 Å². The molecule has 2 N–H and O–H groups in total. The third kappa shape index (κ3) is 3.20. The van der Waals surface area contributed by atoms with Gasteiger partial charge in [-0.1, -0.05) is 36.4 Å². The van der Waals surface area contributed by atoms with Crippen LogP contribution in [-0.4, -0.2) is 6.54 Å². The smallest absolute Gasteiger partial charge is 0.125 e. The highest BCUT2D eigenvalue weighted by molar-refractivity contribution is 5.44. The van der Waals surface area contributed by atoms with Crippen LogP contribution in [0, 0.1) is 20.8 Å². The molecule has 0 unspecified atom stereocenters. The van der Waals surface area contributed by atoms with Gasteiger partial charge in [0.05, 0.1) is 0 Å². The Morgan fingerprint density at radius 3 is 2.25 bits per heavy atom. The summed E-state index contributed by atoms with van der Waals surface area (Å²) in [5.41, 5.74) is 11.8. The molecule has 0 radical (unpaired) electrons. The molecule has 0 spiro atoms. The molecule has 0 heterocycles. The Morgan fingerprint density at radius 2 is 1.55 bits per heavy atom. The van der Waals surface area contributed by atoms with Crippen LogP contribution < -0.4 is 10.5 Å². The van der Waals surface area contributed by atoms with E-state index < -0.39 is 0 Å². The minimum atomic E-state index is 0.599. The highest BCUT2D eigenvalue weighted by atomic mass is 16.5. The Kier molecular flexibility index (Phi) is 4.80. The zero-order valence-electron chi connectivity index (χ0n) is 12.6. The van der Waals surface area contributed by atoms with E-state index in [4.69, 9.17) is 10.5 Å². The van der Waals surface area contributed by atoms with Crippen LogP contribution in [0.4, 0.5) is 0 Å². The lowest BCUT2D eigenvalue weighted by atomic mass is 10.0. The molecular weight excluding hydrogens is 246 g/mol. The normalized spacial score (nSPS) is 10.6. The van der Waals surface area contributed by atoms with Crippen LogP contribution in [0.3, 0.4) is 0 Å². The average Bonchev–Trinajstić information content (AvgIpc) is 2.45. The Labute approximate surface area is 121 Å². The Morgan fingerprint density at radius 1 is 0.900 bits per heavy atom. The minimum absolute atomic E-state index is 0.599. The molecule has 20 heavy (non-hydrogen) atoms. The zero-order valence-corrected chi connectivity index (χ0v) is 12.6. The lowest BCUT2D eigenvalue weighted by molar-refractivity contribution is 0.300. The van der Waals surface area contributed by atoms with E-state index in [9.17, 15) is 0 Å². The average molecular weight is 269 g/mol. The fourth-order valence-corrected chi connectivity index (χ4v) is 2.40. The number of hydrogen-bond donors (Lipinski definition) is 1. The van der Waals surface area contributed by atoms with Crippen molar-refractivity contribution in [3.63, 3.8) is 0 Å². The molecule has 0 amide bonds. The van der Waals surface area contributed by atoms with Crippen molar-refractivity contribution in [2.24, 2.45) is 5.73 Å². The molecule has 2 heteroatoms. The van der Waals surface area contributed by atoms with E-state index >= 15 is 0 Å². The number of hydrogen-bond acceptors (Lipinski definition) is 2. The minimum Gasteiger partial charge on any atom is -0.488 e. The second kappa shape index (κ2) is 6.58. The molecule has 0 saturated heterocycles. The van der Waals surface area contributed by atoms with Gasteiger partial charge in [0, 0.05) is 0 Å². The maximum atomic E-state index is 6.08. The monoisotopic (exact) mass is 269 g/mol. The molecule has 0 aliphatic rings. The number of aryl methyl sites for hydroxylation is 2. The van der Waals surface area contributed by atoms with Gasteiger partial charge in [-0.2, -0.15) is 0 Å². The molecule has 0 bridgehead atoms. The topological polar surface area (TPSA) is 35.2 Å². The highest BCUT2D eigenvalue weighted by Gasteiger charge is 2.08. The zero-order chi connectivity index (χ0) is 14.5. The first kappa shape index (κ1) is 14.6. The van der Waals surface area contributed by atoms with Gasteiger partial charge in [0.25, 0.3) is 0 Å². The Hall–Kier alpha value is -1.80. The first-order valence-electron chi connectivity index (χ1n) is 7.10. The van der Waals surface area contributed by atoms with Gasteiger partial charge >= 0.3 is 0 Å². The van der Waals surface area contributed by atoms with Crippen LogP contribution in [0.1, 0.15) is 27.8 Å². The molecule has 0 fully saturated rings. The van der Waals surface area contributed by atoms with Crippen LogP contribution in [0.5, 0.6) is 5.75 Å². The molecular formula is C18H23NO. The van der Waals surface area contributed by atoms with E-state index in [2.05, 4.69) is 57.2 Å². The molecule has 0 aliphatic carbocycles. The van der Waals surface area contributed by atoms with Gasteiger partial charge in [-0.05, 0) is 61.6 Å². The molecule has 0 aromatic heterocycles. The summed E-state index contributed by atoms with van der Waals surface area (Å²) in [7, 11) is 0. The van der Waals surface area contributed by atoms with Crippen LogP contribution in [0.2, 0.25) is 0 Å². The molecule has 2 nitrogen and oxygen atoms in total. The Bertz CT molecular complexity index is 590. The van der Waals surface area contributed by atoms with E-state index in [1.54, 1.807) is 0 Å². The SMILES string of the molecule is Cc1ccc(C)c(OCc2ccccc2CCN)c1C. The van der Waals surface area contributed by atoms with Crippen molar-refractivity contribution in [2.45, 2.75) is 33.8 Å². The van der Waals surface area contributed by atoms with Crippen molar-refractivity contribution in [1.29, 1.82) is 0 Å². The predicted molar refractivity (Wildman–Crippen MR) is 84.2 cm³/mol. The van der Waals surface area contributed by atoms with Gasteiger partial charge in [-0.3, -0.25) is 0 Å². The van der Waals surface area contributed by atoms with Crippen LogP contribution in [-0.2, 0) is 13.0 Å². The molecule has 2 rings (SSSR count).